The third-order valence-corrected chi connectivity index (χ3v) is 4.59. The van der Waals surface area contributed by atoms with Crippen molar-refractivity contribution in [3.05, 3.63) is 33.0 Å². The van der Waals surface area contributed by atoms with Crippen LogP contribution in [0.4, 0.5) is 0 Å². The van der Waals surface area contributed by atoms with Crippen molar-refractivity contribution in [3.63, 3.8) is 0 Å². The number of rotatable bonds is 8. The number of hydrogen-bond donors (Lipinski definition) is 1. The number of halogens is 1. The van der Waals surface area contributed by atoms with Crippen LogP contribution in [0.5, 0.6) is 0 Å². The number of amides is 1. The van der Waals surface area contributed by atoms with E-state index in [9.17, 15) is 9.59 Å². The molecule has 1 aromatic carbocycles. The summed E-state index contributed by atoms with van der Waals surface area (Å²) < 4.78 is 7.72. The lowest BCUT2D eigenvalue weighted by atomic mass is 10.2. The molecule has 0 aliphatic carbocycles. The van der Waals surface area contributed by atoms with E-state index >= 15 is 0 Å². The largest absolute Gasteiger partial charge is 0.382 e. The summed E-state index contributed by atoms with van der Waals surface area (Å²) in [6, 6.07) is 5.36. The summed E-state index contributed by atoms with van der Waals surface area (Å²) in [5.41, 5.74) is 5.68. The first-order valence-electron chi connectivity index (χ1n) is 7.22. The number of thioether (sulfide) groups is 1. The van der Waals surface area contributed by atoms with E-state index in [1.165, 1.54) is 11.8 Å². The fourth-order valence-corrected chi connectivity index (χ4v) is 3.21. The minimum Gasteiger partial charge on any atom is -0.382 e. The van der Waals surface area contributed by atoms with E-state index in [0.717, 1.165) is 4.47 Å². The molecule has 0 saturated carbocycles. The van der Waals surface area contributed by atoms with E-state index in [4.69, 9.17) is 10.5 Å². The molecule has 2 rings (SSSR count). The smallest absolute Gasteiger partial charge is 0.262 e. The Bertz CT molecular complexity index is 763. The van der Waals surface area contributed by atoms with Crippen molar-refractivity contribution >= 4 is 44.5 Å². The first-order chi connectivity index (χ1) is 11.0. The molecule has 0 atom stereocenters. The highest BCUT2D eigenvalue weighted by molar-refractivity contribution is 9.10. The summed E-state index contributed by atoms with van der Waals surface area (Å²) in [6.07, 6.45) is 0.694. The molecular formula is C15H18BrN3O3S. The fourth-order valence-electron chi connectivity index (χ4n) is 2.08. The molecule has 1 heterocycles. The Kier molecular flexibility index (Phi) is 6.61. The summed E-state index contributed by atoms with van der Waals surface area (Å²) >= 11 is 4.55. The van der Waals surface area contributed by atoms with Crippen LogP contribution in [0.1, 0.15) is 13.3 Å². The monoisotopic (exact) mass is 399 g/mol. The minimum atomic E-state index is -0.444. The Labute approximate surface area is 146 Å². The normalized spacial score (nSPS) is 11.0. The van der Waals surface area contributed by atoms with E-state index in [2.05, 4.69) is 20.9 Å². The van der Waals surface area contributed by atoms with Gasteiger partial charge in [0.25, 0.3) is 5.56 Å². The molecule has 0 bridgehead atoms. The first-order valence-corrected chi connectivity index (χ1v) is 8.99. The van der Waals surface area contributed by atoms with Gasteiger partial charge < -0.3 is 10.5 Å². The molecule has 1 aromatic heterocycles. The number of nitrogens with zero attached hydrogens (tertiary/aromatic N) is 2. The van der Waals surface area contributed by atoms with Crippen LogP contribution in [0.15, 0.2) is 32.6 Å². The molecule has 124 valence electrons. The van der Waals surface area contributed by atoms with Gasteiger partial charge >= 0.3 is 0 Å². The molecule has 8 heteroatoms. The molecule has 0 spiro atoms. The van der Waals surface area contributed by atoms with E-state index < -0.39 is 5.91 Å². The van der Waals surface area contributed by atoms with Crippen LogP contribution >= 0.6 is 27.7 Å². The summed E-state index contributed by atoms with van der Waals surface area (Å²) in [4.78, 5) is 28.3. The molecule has 0 unspecified atom stereocenters. The number of aromatic nitrogens is 2. The average molecular weight is 400 g/mol. The zero-order valence-electron chi connectivity index (χ0n) is 12.8. The number of carbonyl (C=O) groups excluding carboxylic acids is 1. The predicted molar refractivity (Wildman–Crippen MR) is 94.7 cm³/mol. The number of nitrogens with two attached hydrogens (primary N) is 1. The Morgan fingerprint density at radius 3 is 2.96 bits per heavy atom. The van der Waals surface area contributed by atoms with E-state index in [-0.39, 0.29) is 11.3 Å². The third kappa shape index (κ3) is 4.79. The quantitative estimate of drug-likeness (QED) is 0.417. The lowest BCUT2D eigenvalue weighted by Gasteiger charge is -2.12. The van der Waals surface area contributed by atoms with Crippen molar-refractivity contribution in [1.82, 2.24) is 9.55 Å². The van der Waals surface area contributed by atoms with Gasteiger partial charge in [0.1, 0.15) is 0 Å². The molecule has 0 aliphatic heterocycles. The highest BCUT2D eigenvalue weighted by Crippen LogP contribution is 2.20. The Morgan fingerprint density at radius 1 is 1.48 bits per heavy atom. The van der Waals surface area contributed by atoms with Crippen LogP contribution in [-0.2, 0) is 16.1 Å². The van der Waals surface area contributed by atoms with Crippen LogP contribution in [0.3, 0.4) is 0 Å². The van der Waals surface area contributed by atoms with Crippen LogP contribution in [-0.4, -0.2) is 34.4 Å². The zero-order chi connectivity index (χ0) is 16.8. The lowest BCUT2D eigenvalue weighted by Crippen LogP contribution is -2.25. The standard InChI is InChI=1S/C15H18BrN3O3S/c1-2-22-7-3-6-19-14(21)11-8-10(16)4-5-12(11)18-15(19)23-9-13(17)20/h4-5,8H,2-3,6-7,9H2,1H3,(H2,17,20). The van der Waals surface area contributed by atoms with E-state index in [1.54, 1.807) is 16.7 Å². The van der Waals surface area contributed by atoms with Gasteiger partial charge in [-0.05, 0) is 31.5 Å². The fraction of sp³-hybridized carbons (Fsp3) is 0.400. The highest BCUT2D eigenvalue weighted by atomic mass is 79.9. The van der Waals surface area contributed by atoms with Gasteiger partial charge in [0.2, 0.25) is 5.91 Å². The van der Waals surface area contributed by atoms with Gasteiger partial charge in [-0.3, -0.25) is 14.2 Å². The van der Waals surface area contributed by atoms with Crippen LogP contribution < -0.4 is 11.3 Å². The number of ether oxygens (including phenoxy) is 1. The molecule has 23 heavy (non-hydrogen) atoms. The number of hydrogen-bond acceptors (Lipinski definition) is 5. The molecular weight excluding hydrogens is 382 g/mol. The SMILES string of the molecule is CCOCCCn1c(SCC(N)=O)nc2ccc(Br)cc2c1=O. The molecule has 6 nitrogen and oxygen atoms in total. The van der Waals surface area contributed by atoms with Crippen molar-refractivity contribution in [2.45, 2.75) is 25.0 Å². The van der Waals surface area contributed by atoms with Crippen molar-refractivity contribution in [2.24, 2.45) is 5.73 Å². The second-order valence-corrected chi connectivity index (χ2v) is 6.68. The summed E-state index contributed by atoms with van der Waals surface area (Å²) in [5.74, 6) is -0.360. The predicted octanol–water partition coefficient (Wildman–Crippen LogP) is 2.16. The van der Waals surface area contributed by atoms with Crippen molar-refractivity contribution in [1.29, 1.82) is 0 Å². The van der Waals surface area contributed by atoms with E-state index in [1.807, 2.05) is 13.0 Å². The minimum absolute atomic E-state index is 0.0833. The Balaban J connectivity index is 2.40. The highest BCUT2D eigenvalue weighted by Gasteiger charge is 2.12. The molecule has 1 amide bonds. The van der Waals surface area contributed by atoms with Crippen LogP contribution in [0.25, 0.3) is 10.9 Å². The van der Waals surface area contributed by atoms with Gasteiger partial charge in [0.05, 0.1) is 16.7 Å². The van der Waals surface area contributed by atoms with Crippen molar-refractivity contribution in [3.8, 4) is 0 Å². The number of primary amides is 1. The molecule has 0 radical (unpaired) electrons. The van der Waals surface area contributed by atoms with Crippen LogP contribution in [0, 0.1) is 0 Å². The second-order valence-electron chi connectivity index (χ2n) is 4.82. The summed E-state index contributed by atoms with van der Waals surface area (Å²) in [6.45, 7) is 3.62. The molecule has 0 fully saturated rings. The van der Waals surface area contributed by atoms with Gasteiger partial charge in [-0.2, -0.15) is 0 Å². The summed E-state index contributed by atoms with van der Waals surface area (Å²) in [7, 11) is 0. The molecule has 2 aromatic rings. The van der Waals surface area contributed by atoms with Crippen LogP contribution in [0.2, 0.25) is 0 Å². The maximum Gasteiger partial charge on any atom is 0.262 e. The lowest BCUT2D eigenvalue weighted by molar-refractivity contribution is -0.115. The Morgan fingerprint density at radius 2 is 2.26 bits per heavy atom. The number of carbonyl (C=O) groups is 1. The van der Waals surface area contributed by atoms with Gasteiger partial charge in [-0.25, -0.2) is 4.98 Å². The maximum absolute atomic E-state index is 12.7. The van der Waals surface area contributed by atoms with Gasteiger partial charge in [0.15, 0.2) is 5.16 Å². The Hall–Kier alpha value is -1.38. The van der Waals surface area contributed by atoms with Crippen molar-refractivity contribution < 1.29 is 9.53 Å². The topological polar surface area (TPSA) is 87.2 Å². The molecule has 0 aliphatic rings. The third-order valence-electron chi connectivity index (χ3n) is 3.10. The molecule has 0 saturated heterocycles. The molecule has 2 N–H and O–H groups in total. The first kappa shape index (κ1) is 18.0. The average Bonchev–Trinajstić information content (AvgIpc) is 2.52. The van der Waals surface area contributed by atoms with Crippen molar-refractivity contribution in [2.75, 3.05) is 19.0 Å². The zero-order valence-corrected chi connectivity index (χ0v) is 15.2. The van der Waals surface area contributed by atoms with Gasteiger partial charge in [0, 0.05) is 24.2 Å². The van der Waals surface area contributed by atoms with E-state index in [0.29, 0.717) is 42.2 Å². The van der Waals surface area contributed by atoms with Gasteiger partial charge in [-0.15, -0.1) is 0 Å². The number of fused-ring (bicyclic) bond motifs is 1. The van der Waals surface area contributed by atoms with Gasteiger partial charge in [-0.1, -0.05) is 27.7 Å². The second kappa shape index (κ2) is 8.47. The number of benzene rings is 1. The maximum atomic E-state index is 12.7. The summed E-state index contributed by atoms with van der Waals surface area (Å²) in [5, 5.41) is 1.04.